The van der Waals surface area contributed by atoms with Crippen LogP contribution in [0.4, 0.5) is 0 Å². The van der Waals surface area contributed by atoms with Crippen LogP contribution in [-0.4, -0.2) is 22.3 Å². The van der Waals surface area contributed by atoms with Crippen LogP contribution in [0.2, 0.25) is 0 Å². The highest BCUT2D eigenvalue weighted by Gasteiger charge is 2.68. The van der Waals surface area contributed by atoms with Crippen molar-refractivity contribution in [3.8, 4) is 0 Å². The van der Waals surface area contributed by atoms with E-state index in [1.165, 1.54) is 19.3 Å². The number of carbonyl (C=O) groups is 1. The summed E-state index contributed by atoms with van der Waals surface area (Å²) in [7, 11) is 0. The van der Waals surface area contributed by atoms with Gasteiger partial charge in [-0.2, -0.15) is 0 Å². The molecule has 23 heavy (non-hydrogen) atoms. The monoisotopic (exact) mass is 320 g/mol. The number of hydrogen-bond acceptors (Lipinski definition) is 2. The minimum absolute atomic E-state index is 0.0876. The molecule has 0 heterocycles. The molecule has 1 spiro atoms. The molecule has 0 aromatic rings. The Morgan fingerprint density at radius 3 is 2.48 bits per heavy atom. The normalized spacial score (nSPS) is 58.3. The number of aliphatic hydroxyl groups is 1. The Hall–Kier alpha value is -0.570. The van der Waals surface area contributed by atoms with Crippen molar-refractivity contribution in [3.05, 3.63) is 0 Å². The first-order valence-electron chi connectivity index (χ1n) is 9.67. The lowest BCUT2D eigenvalue weighted by Crippen LogP contribution is -2.60. The van der Waals surface area contributed by atoms with Gasteiger partial charge in [0.05, 0.1) is 11.5 Å². The lowest BCUT2D eigenvalue weighted by atomic mass is 9.40. The average molecular weight is 320 g/mol. The standard InChI is InChI=1S/C20H32O3/c1-12-13-5-6-15-18(2)8-4-9-19(3,17(22)23)14(18)7-10-20(15,11-13)16(12)21/h12-16,21H,4-11H2,1-3H3,(H,22,23)/t12-,13-,14+,15+,16+,18-,19-,20-/m1/s1. The van der Waals surface area contributed by atoms with Gasteiger partial charge in [-0.25, -0.2) is 0 Å². The second kappa shape index (κ2) is 4.74. The Labute approximate surface area is 139 Å². The van der Waals surface area contributed by atoms with Gasteiger partial charge < -0.3 is 10.2 Å². The van der Waals surface area contributed by atoms with E-state index >= 15 is 0 Å². The number of carboxylic acids is 1. The molecule has 0 unspecified atom stereocenters. The second-order valence-electron chi connectivity index (χ2n) is 9.80. The predicted molar refractivity (Wildman–Crippen MR) is 88.9 cm³/mol. The third-order valence-corrected chi connectivity index (χ3v) is 9.15. The fourth-order valence-electron chi connectivity index (χ4n) is 8.02. The molecule has 0 amide bonds. The largest absolute Gasteiger partial charge is 0.481 e. The van der Waals surface area contributed by atoms with Gasteiger partial charge in [-0.15, -0.1) is 0 Å². The first kappa shape index (κ1) is 15.9. The molecular formula is C20H32O3. The molecule has 0 radical (unpaired) electrons. The smallest absolute Gasteiger partial charge is 0.309 e. The molecule has 4 aliphatic carbocycles. The molecule has 130 valence electrons. The first-order valence-corrected chi connectivity index (χ1v) is 9.67. The lowest BCUT2D eigenvalue weighted by molar-refractivity contribution is -0.191. The van der Waals surface area contributed by atoms with Gasteiger partial charge in [0.15, 0.2) is 0 Å². The third-order valence-electron chi connectivity index (χ3n) is 9.15. The molecule has 8 atom stereocenters. The molecular weight excluding hydrogens is 288 g/mol. The van der Waals surface area contributed by atoms with Gasteiger partial charge in [-0.05, 0) is 81.0 Å². The number of fused-ring (bicyclic) bond motifs is 3. The van der Waals surface area contributed by atoms with Gasteiger partial charge in [0.1, 0.15) is 0 Å². The number of aliphatic carboxylic acids is 1. The van der Waals surface area contributed by atoms with Crippen molar-refractivity contribution < 1.29 is 15.0 Å². The van der Waals surface area contributed by atoms with Gasteiger partial charge in [-0.3, -0.25) is 4.79 Å². The fourth-order valence-corrected chi connectivity index (χ4v) is 8.02. The van der Waals surface area contributed by atoms with Gasteiger partial charge >= 0.3 is 5.97 Å². The van der Waals surface area contributed by atoms with Crippen LogP contribution in [0, 0.1) is 39.9 Å². The van der Waals surface area contributed by atoms with Gasteiger partial charge in [0.25, 0.3) is 0 Å². The summed E-state index contributed by atoms with van der Waals surface area (Å²) in [5.41, 5.74) is -0.384. The van der Waals surface area contributed by atoms with Crippen molar-refractivity contribution >= 4 is 5.97 Å². The van der Waals surface area contributed by atoms with Crippen LogP contribution in [0.15, 0.2) is 0 Å². The highest BCUT2D eigenvalue weighted by molar-refractivity contribution is 5.75. The minimum Gasteiger partial charge on any atom is -0.481 e. The van der Waals surface area contributed by atoms with Crippen molar-refractivity contribution in [2.45, 2.75) is 78.2 Å². The Morgan fingerprint density at radius 2 is 1.78 bits per heavy atom. The summed E-state index contributed by atoms with van der Waals surface area (Å²) in [4.78, 5) is 12.1. The number of aliphatic hydroxyl groups excluding tert-OH is 1. The van der Waals surface area contributed by atoms with Gasteiger partial charge in [0.2, 0.25) is 0 Å². The van der Waals surface area contributed by atoms with Crippen molar-refractivity contribution in [1.29, 1.82) is 0 Å². The predicted octanol–water partition coefficient (Wildman–Crippen LogP) is 4.09. The minimum atomic E-state index is -0.599. The summed E-state index contributed by atoms with van der Waals surface area (Å²) in [5.74, 6) is 1.31. The Kier molecular flexibility index (Phi) is 3.28. The van der Waals surface area contributed by atoms with Gasteiger partial charge in [-0.1, -0.05) is 20.3 Å². The third kappa shape index (κ3) is 1.78. The molecule has 2 N–H and O–H groups in total. The van der Waals surface area contributed by atoms with Crippen LogP contribution in [0.3, 0.4) is 0 Å². The molecule has 0 aromatic heterocycles. The number of carboxylic acid groups (broad SMARTS) is 1. The summed E-state index contributed by atoms with van der Waals surface area (Å²) >= 11 is 0. The maximum atomic E-state index is 12.1. The molecule has 4 aliphatic rings. The van der Waals surface area contributed by atoms with E-state index in [9.17, 15) is 15.0 Å². The van der Waals surface area contributed by atoms with Crippen LogP contribution in [-0.2, 0) is 4.79 Å². The molecule has 4 saturated carbocycles. The highest BCUT2D eigenvalue weighted by atomic mass is 16.4. The molecule has 4 rings (SSSR count). The van der Waals surface area contributed by atoms with E-state index in [4.69, 9.17) is 0 Å². The van der Waals surface area contributed by atoms with Crippen molar-refractivity contribution in [2.75, 3.05) is 0 Å². The number of rotatable bonds is 1. The van der Waals surface area contributed by atoms with Crippen molar-refractivity contribution in [1.82, 2.24) is 0 Å². The molecule has 4 fully saturated rings. The maximum Gasteiger partial charge on any atom is 0.309 e. The molecule has 0 aromatic carbocycles. The first-order chi connectivity index (χ1) is 10.8. The zero-order chi connectivity index (χ0) is 16.6. The summed E-state index contributed by atoms with van der Waals surface area (Å²) in [6.45, 7) is 6.61. The molecule has 3 nitrogen and oxygen atoms in total. The topological polar surface area (TPSA) is 57.5 Å². The molecule has 0 aliphatic heterocycles. The van der Waals surface area contributed by atoms with Gasteiger partial charge in [0, 0.05) is 5.41 Å². The van der Waals surface area contributed by atoms with Crippen LogP contribution < -0.4 is 0 Å². The maximum absolute atomic E-state index is 12.1. The van der Waals surface area contributed by atoms with Crippen LogP contribution in [0.5, 0.6) is 0 Å². The van der Waals surface area contributed by atoms with E-state index in [0.29, 0.717) is 17.8 Å². The summed E-state index contributed by atoms with van der Waals surface area (Å²) in [6.07, 6.45) is 8.49. The van der Waals surface area contributed by atoms with Crippen molar-refractivity contribution in [3.63, 3.8) is 0 Å². The average Bonchev–Trinajstić information content (AvgIpc) is 2.68. The van der Waals surface area contributed by atoms with E-state index in [1.807, 2.05) is 6.92 Å². The summed E-state index contributed by atoms with van der Waals surface area (Å²) < 4.78 is 0. The Morgan fingerprint density at radius 1 is 1.04 bits per heavy atom. The molecule has 2 bridgehead atoms. The zero-order valence-corrected chi connectivity index (χ0v) is 14.8. The second-order valence-corrected chi connectivity index (χ2v) is 9.80. The highest BCUT2D eigenvalue weighted by Crippen LogP contribution is 2.72. The van der Waals surface area contributed by atoms with E-state index in [-0.39, 0.29) is 22.9 Å². The Balaban J connectivity index is 1.76. The lowest BCUT2D eigenvalue weighted by Gasteiger charge is -2.64. The summed E-state index contributed by atoms with van der Waals surface area (Å²) in [6, 6.07) is 0. The van der Waals surface area contributed by atoms with E-state index < -0.39 is 11.4 Å². The Bertz CT molecular complexity index is 531. The quantitative estimate of drug-likeness (QED) is 0.765. The van der Waals surface area contributed by atoms with E-state index in [0.717, 1.165) is 32.1 Å². The fraction of sp³-hybridized carbons (Fsp3) is 0.950. The van der Waals surface area contributed by atoms with Crippen LogP contribution >= 0.6 is 0 Å². The molecule has 0 saturated heterocycles. The van der Waals surface area contributed by atoms with Crippen LogP contribution in [0.25, 0.3) is 0 Å². The van der Waals surface area contributed by atoms with E-state index in [2.05, 4.69) is 13.8 Å². The van der Waals surface area contributed by atoms with Crippen molar-refractivity contribution in [2.24, 2.45) is 39.9 Å². The SMILES string of the molecule is C[C@@H]1[C@@H]2CC[C@H]3[C@]4(C)CCC[C@@](C)(C(=O)O)[C@H]4CC[C@]3(C2)[C@H]1O. The molecule has 3 heteroatoms. The zero-order valence-electron chi connectivity index (χ0n) is 14.8. The van der Waals surface area contributed by atoms with E-state index in [1.54, 1.807) is 0 Å². The van der Waals surface area contributed by atoms with Crippen LogP contribution in [0.1, 0.15) is 72.1 Å². The number of hydrogen-bond donors (Lipinski definition) is 2. The summed E-state index contributed by atoms with van der Waals surface area (Å²) in [5, 5.41) is 21.0.